The third kappa shape index (κ3) is 1.73. The zero-order valence-corrected chi connectivity index (χ0v) is 9.78. The molecule has 1 N–H and O–H groups in total. The molecule has 0 amide bonds. The molecule has 1 aromatic heterocycles. The highest BCUT2D eigenvalue weighted by atomic mass is 19.1. The molecule has 1 heterocycles. The maximum atomic E-state index is 13.8. The zero-order chi connectivity index (χ0) is 13.4. The number of hydrogen-bond donors (Lipinski definition) is 1. The number of halogens is 2. The van der Waals surface area contributed by atoms with Crippen molar-refractivity contribution in [1.82, 2.24) is 4.98 Å². The molecule has 0 saturated carbocycles. The van der Waals surface area contributed by atoms with Gasteiger partial charge in [0, 0.05) is 16.5 Å². The lowest BCUT2D eigenvalue weighted by Crippen LogP contribution is -1.88. The average Bonchev–Trinajstić information content (AvgIpc) is 2.79. The van der Waals surface area contributed by atoms with Crippen LogP contribution in [-0.4, -0.2) is 11.3 Å². The molecular weight excluding hydrogens is 248 g/mol. The molecule has 0 spiro atoms. The number of rotatable bonds is 2. The van der Waals surface area contributed by atoms with Gasteiger partial charge in [0.1, 0.15) is 11.6 Å². The first-order valence-corrected chi connectivity index (χ1v) is 5.72. The van der Waals surface area contributed by atoms with Crippen LogP contribution >= 0.6 is 0 Å². The summed E-state index contributed by atoms with van der Waals surface area (Å²) in [6.45, 7) is 0. The molecule has 94 valence electrons. The van der Waals surface area contributed by atoms with Crippen molar-refractivity contribution in [2.24, 2.45) is 0 Å². The number of aromatic nitrogens is 1. The molecule has 0 saturated heterocycles. The van der Waals surface area contributed by atoms with Crippen molar-refractivity contribution >= 4 is 17.2 Å². The summed E-state index contributed by atoms with van der Waals surface area (Å²) in [4.78, 5) is 14.0. The van der Waals surface area contributed by atoms with Gasteiger partial charge in [-0.2, -0.15) is 0 Å². The number of aromatic amines is 1. The fraction of sp³-hybridized carbons (Fsp3) is 0. The van der Waals surface area contributed by atoms with E-state index in [0.29, 0.717) is 17.4 Å². The Morgan fingerprint density at radius 1 is 0.947 bits per heavy atom. The quantitative estimate of drug-likeness (QED) is 0.693. The Balaban J connectivity index is 2.39. The number of carbonyl (C=O) groups excluding carboxylic acids is 1. The SMILES string of the molecule is O=Cc1c(-c2ccccc2F)[nH]c2c(F)cccc12. The predicted octanol–water partition coefficient (Wildman–Crippen LogP) is 3.93. The zero-order valence-electron chi connectivity index (χ0n) is 9.78. The van der Waals surface area contributed by atoms with Gasteiger partial charge in [-0.25, -0.2) is 8.78 Å². The van der Waals surface area contributed by atoms with Crippen LogP contribution in [0.15, 0.2) is 42.5 Å². The minimum Gasteiger partial charge on any atom is -0.351 e. The van der Waals surface area contributed by atoms with Crippen LogP contribution in [0.5, 0.6) is 0 Å². The summed E-state index contributed by atoms with van der Waals surface area (Å²) < 4.78 is 27.5. The largest absolute Gasteiger partial charge is 0.351 e. The average molecular weight is 257 g/mol. The summed E-state index contributed by atoms with van der Waals surface area (Å²) in [5.74, 6) is -0.930. The van der Waals surface area contributed by atoms with Crippen molar-refractivity contribution in [3.8, 4) is 11.3 Å². The lowest BCUT2D eigenvalue weighted by Gasteiger charge is -2.01. The number of aldehydes is 1. The van der Waals surface area contributed by atoms with Gasteiger partial charge < -0.3 is 4.98 Å². The molecule has 0 atom stereocenters. The minimum absolute atomic E-state index is 0.211. The highest BCUT2D eigenvalue weighted by molar-refractivity contribution is 6.04. The molecular formula is C15H9F2NO. The summed E-state index contributed by atoms with van der Waals surface area (Å²) in [5.41, 5.74) is 1.02. The van der Waals surface area contributed by atoms with Crippen molar-refractivity contribution in [3.63, 3.8) is 0 Å². The Labute approximate surface area is 107 Å². The molecule has 2 nitrogen and oxygen atoms in total. The minimum atomic E-state index is -0.469. The Hall–Kier alpha value is -2.49. The maximum Gasteiger partial charge on any atom is 0.152 e. The van der Waals surface area contributed by atoms with Gasteiger partial charge in [-0.1, -0.05) is 24.3 Å². The summed E-state index contributed by atoms with van der Waals surface area (Å²) in [6.07, 6.45) is 0.611. The first-order valence-electron chi connectivity index (χ1n) is 5.72. The summed E-state index contributed by atoms with van der Waals surface area (Å²) in [6, 6.07) is 10.5. The molecule has 0 bridgehead atoms. The number of fused-ring (bicyclic) bond motifs is 1. The first-order chi connectivity index (χ1) is 9.22. The smallest absolute Gasteiger partial charge is 0.152 e. The van der Waals surface area contributed by atoms with Crippen LogP contribution in [-0.2, 0) is 0 Å². The van der Waals surface area contributed by atoms with Crippen LogP contribution in [0.2, 0.25) is 0 Å². The number of H-pyrrole nitrogens is 1. The fourth-order valence-electron chi connectivity index (χ4n) is 2.20. The van der Waals surface area contributed by atoms with Gasteiger partial charge in [0.25, 0.3) is 0 Å². The highest BCUT2D eigenvalue weighted by Gasteiger charge is 2.16. The number of carbonyl (C=O) groups is 1. The van der Waals surface area contributed by atoms with Crippen LogP contribution in [0.1, 0.15) is 10.4 Å². The van der Waals surface area contributed by atoms with Gasteiger partial charge in [-0.15, -0.1) is 0 Å². The number of nitrogens with one attached hydrogen (secondary N) is 1. The molecule has 0 fully saturated rings. The molecule has 3 rings (SSSR count). The Bertz CT molecular complexity index is 777. The molecule has 4 heteroatoms. The van der Waals surface area contributed by atoms with Crippen molar-refractivity contribution in [2.45, 2.75) is 0 Å². The number of para-hydroxylation sites is 1. The second kappa shape index (κ2) is 4.31. The first kappa shape index (κ1) is 11.6. The van der Waals surface area contributed by atoms with E-state index in [0.717, 1.165) is 0 Å². The van der Waals surface area contributed by atoms with Gasteiger partial charge in [0.15, 0.2) is 6.29 Å². The van der Waals surface area contributed by atoms with Crippen LogP contribution in [0.4, 0.5) is 8.78 Å². The second-order valence-corrected chi connectivity index (χ2v) is 4.17. The summed E-state index contributed by atoms with van der Waals surface area (Å²) >= 11 is 0. The van der Waals surface area contributed by atoms with Crippen molar-refractivity contribution in [2.75, 3.05) is 0 Å². The van der Waals surface area contributed by atoms with E-state index in [9.17, 15) is 13.6 Å². The van der Waals surface area contributed by atoms with Crippen LogP contribution < -0.4 is 0 Å². The van der Waals surface area contributed by atoms with E-state index in [-0.39, 0.29) is 16.6 Å². The molecule has 0 aliphatic carbocycles. The predicted molar refractivity (Wildman–Crippen MR) is 69.0 cm³/mol. The van der Waals surface area contributed by atoms with Gasteiger partial charge >= 0.3 is 0 Å². The monoisotopic (exact) mass is 257 g/mol. The van der Waals surface area contributed by atoms with E-state index in [1.165, 1.54) is 18.2 Å². The molecule has 0 unspecified atom stereocenters. The van der Waals surface area contributed by atoms with E-state index in [2.05, 4.69) is 4.98 Å². The Morgan fingerprint density at radius 3 is 2.42 bits per heavy atom. The summed E-state index contributed by atoms with van der Waals surface area (Å²) in [7, 11) is 0. The van der Waals surface area contributed by atoms with Crippen molar-refractivity contribution in [3.05, 3.63) is 59.7 Å². The van der Waals surface area contributed by atoms with E-state index < -0.39 is 11.6 Å². The van der Waals surface area contributed by atoms with Crippen molar-refractivity contribution < 1.29 is 13.6 Å². The van der Waals surface area contributed by atoms with E-state index in [1.54, 1.807) is 24.3 Å². The van der Waals surface area contributed by atoms with Crippen LogP contribution in [0.3, 0.4) is 0 Å². The Kier molecular flexibility index (Phi) is 2.63. The molecule has 3 aromatic rings. The normalized spacial score (nSPS) is 10.8. The van der Waals surface area contributed by atoms with Gasteiger partial charge in [0.2, 0.25) is 0 Å². The topological polar surface area (TPSA) is 32.9 Å². The molecule has 0 aliphatic rings. The van der Waals surface area contributed by atoms with E-state index in [1.807, 2.05) is 0 Å². The lowest BCUT2D eigenvalue weighted by atomic mass is 10.1. The number of hydrogen-bond acceptors (Lipinski definition) is 1. The van der Waals surface area contributed by atoms with Gasteiger partial charge in [0.05, 0.1) is 11.2 Å². The Morgan fingerprint density at radius 2 is 1.68 bits per heavy atom. The van der Waals surface area contributed by atoms with E-state index in [4.69, 9.17) is 0 Å². The van der Waals surface area contributed by atoms with E-state index >= 15 is 0 Å². The van der Waals surface area contributed by atoms with Crippen molar-refractivity contribution in [1.29, 1.82) is 0 Å². The third-order valence-corrected chi connectivity index (χ3v) is 3.08. The lowest BCUT2D eigenvalue weighted by molar-refractivity contribution is 0.112. The molecule has 2 aromatic carbocycles. The highest BCUT2D eigenvalue weighted by Crippen LogP contribution is 2.31. The molecule has 19 heavy (non-hydrogen) atoms. The third-order valence-electron chi connectivity index (χ3n) is 3.08. The maximum absolute atomic E-state index is 13.8. The van der Waals surface area contributed by atoms with Crippen LogP contribution in [0.25, 0.3) is 22.2 Å². The second-order valence-electron chi connectivity index (χ2n) is 4.17. The standard InChI is InChI=1S/C15H9F2NO/c16-12-6-2-1-4-10(12)14-11(8-19)9-5-3-7-13(17)15(9)18-14/h1-8,18H. The fourth-order valence-corrected chi connectivity index (χ4v) is 2.20. The molecule has 0 aliphatic heterocycles. The number of benzene rings is 2. The summed E-state index contributed by atoms with van der Waals surface area (Å²) in [5, 5.41) is 0.452. The molecule has 0 radical (unpaired) electrons. The van der Waals surface area contributed by atoms with Gasteiger partial charge in [-0.3, -0.25) is 4.79 Å². The van der Waals surface area contributed by atoms with Crippen LogP contribution in [0, 0.1) is 11.6 Å². The van der Waals surface area contributed by atoms with Gasteiger partial charge in [-0.05, 0) is 18.2 Å².